The predicted octanol–water partition coefficient (Wildman–Crippen LogP) is 2.98. The summed E-state index contributed by atoms with van der Waals surface area (Å²) in [5.74, 6) is 0.861. The second kappa shape index (κ2) is 7.13. The zero-order valence-corrected chi connectivity index (χ0v) is 14.8. The Morgan fingerprint density at radius 3 is 2.78 bits per heavy atom. The van der Waals surface area contributed by atoms with Crippen LogP contribution in [-0.4, -0.2) is 24.0 Å². The highest BCUT2D eigenvalue weighted by molar-refractivity contribution is 7.11. The van der Waals surface area contributed by atoms with Crippen LogP contribution >= 0.6 is 11.3 Å². The van der Waals surface area contributed by atoms with E-state index in [0.29, 0.717) is 6.04 Å². The Kier molecular flexibility index (Phi) is 4.96. The number of aromatic nitrogens is 1. The van der Waals surface area contributed by atoms with Crippen molar-refractivity contribution in [2.24, 2.45) is 4.99 Å². The Bertz CT molecular complexity index is 685. The Labute approximate surface area is 142 Å². The highest BCUT2D eigenvalue weighted by Gasteiger charge is 2.19. The summed E-state index contributed by atoms with van der Waals surface area (Å²) in [4.78, 5) is 10.2. The highest BCUT2D eigenvalue weighted by Crippen LogP contribution is 2.21. The van der Waals surface area contributed by atoms with Crippen LogP contribution in [0.25, 0.3) is 0 Å². The molecule has 0 radical (unpaired) electrons. The lowest BCUT2D eigenvalue weighted by Gasteiger charge is -2.27. The van der Waals surface area contributed by atoms with Gasteiger partial charge in [0.15, 0.2) is 5.96 Å². The molecule has 1 atom stereocenters. The van der Waals surface area contributed by atoms with Gasteiger partial charge in [-0.25, -0.2) is 4.98 Å². The van der Waals surface area contributed by atoms with Gasteiger partial charge in [-0.2, -0.15) is 0 Å². The summed E-state index contributed by atoms with van der Waals surface area (Å²) in [5, 5.41) is 8.05. The molecule has 122 valence electrons. The average molecular weight is 328 g/mol. The van der Waals surface area contributed by atoms with Gasteiger partial charge in [-0.05, 0) is 44.2 Å². The number of aryl methyl sites for hydroxylation is 3. The molecule has 23 heavy (non-hydrogen) atoms. The molecule has 1 unspecified atom stereocenters. The maximum absolute atomic E-state index is 4.57. The van der Waals surface area contributed by atoms with Crippen molar-refractivity contribution in [3.05, 3.63) is 51.0 Å². The maximum atomic E-state index is 4.57. The molecule has 3 rings (SSSR count). The molecule has 0 spiro atoms. The number of hydrogen-bond donors (Lipinski definition) is 2. The second-order valence-corrected chi connectivity index (χ2v) is 7.32. The van der Waals surface area contributed by atoms with Crippen molar-refractivity contribution in [2.45, 2.75) is 45.7 Å². The molecular formula is C18H24N4S. The topological polar surface area (TPSA) is 49.3 Å². The summed E-state index contributed by atoms with van der Waals surface area (Å²) in [5.41, 5.74) is 4.07. The molecule has 0 saturated heterocycles. The molecule has 5 heteroatoms. The first kappa shape index (κ1) is 16.0. The molecule has 0 bridgehead atoms. The number of fused-ring (bicyclic) bond motifs is 1. The van der Waals surface area contributed by atoms with Crippen LogP contribution in [0.4, 0.5) is 0 Å². The first-order valence-electron chi connectivity index (χ1n) is 8.12. The first-order chi connectivity index (χ1) is 11.2. The molecule has 0 fully saturated rings. The van der Waals surface area contributed by atoms with Gasteiger partial charge in [0.2, 0.25) is 0 Å². The fraction of sp³-hybridized carbons (Fsp3) is 0.444. The molecule has 2 aromatic rings. The minimum atomic E-state index is 0.441. The van der Waals surface area contributed by atoms with E-state index in [4.69, 9.17) is 0 Å². The zero-order chi connectivity index (χ0) is 16.2. The summed E-state index contributed by atoms with van der Waals surface area (Å²) in [6.07, 6.45) is 3.34. The zero-order valence-electron chi connectivity index (χ0n) is 14.0. The lowest BCUT2D eigenvalue weighted by Crippen LogP contribution is -2.45. The molecule has 1 aromatic carbocycles. The van der Waals surface area contributed by atoms with E-state index in [1.54, 1.807) is 11.3 Å². The van der Waals surface area contributed by atoms with Gasteiger partial charge in [-0.1, -0.05) is 24.3 Å². The van der Waals surface area contributed by atoms with Crippen LogP contribution in [0.15, 0.2) is 29.3 Å². The van der Waals surface area contributed by atoms with Gasteiger partial charge in [0.05, 0.1) is 12.2 Å². The molecule has 4 nitrogen and oxygen atoms in total. The Hall–Kier alpha value is -1.88. The van der Waals surface area contributed by atoms with Gasteiger partial charge in [0.1, 0.15) is 5.01 Å². The summed E-state index contributed by atoms with van der Waals surface area (Å²) < 4.78 is 0. The van der Waals surface area contributed by atoms with Crippen molar-refractivity contribution < 1.29 is 0 Å². The van der Waals surface area contributed by atoms with E-state index < -0.39 is 0 Å². The molecule has 1 aliphatic carbocycles. The van der Waals surface area contributed by atoms with Crippen molar-refractivity contribution in [2.75, 3.05) is 7.05 Å². The van der Waals surface area contributed by atoms with Crippen LogP contribution in [0.5, 0.6) is 0 Å². The number of aliphatic imine (C=N–C) groups is 1. The molecule has 2 N–H and O–H groups in total. The lowest BCUT2D eigenvalue weighted by atomic mass is 9.88. The number of thiazole rings is 1. The third-order valence-electron chi connectivity index (χ3n) is 4.39. The molecule has 0 saturated carbocycles. The molecule has 1 heterocycles. The lowest BCUT2D eigenvalue weighted by molar-refractivity contribution is 0.520. The molecule has 1 aliphatic rings. The van der Waals surface area contributed by atoms with E-state index in [-0.39, 0.29) is 0 Å². The molecule has 0 aliphatic heterocycles. The highest BCUT2D eigenvalue weighted by atomic mass is 32.1. The molecule has 0 amide bonds. The summed E-state index contributed by atoms with van der Waals surface area (Å²) in [7, 11) is 1.82. The fourth-order valence-corrected chi connectivity index (χ4v) is 3.86. The van der Waals surface area contributed by atoms with Crippen LogP contribution in [0.1, 0.15) is 33.1 Å². The van der Waals surface area contributed by atoms with Gasteiger partial charge in [-0.3, -0.25) is 4.99 Å². The van der Waals surface area contributed by atoms with Gasteiger partial charge in [0.25, 0.3) is 0 Å². The number of benzene rings is 1. The Morgan fingerprint density at radius 1 is 1.30 bits per heavy atom. The van der Waals surface area contributed by atoms with Gasteiger partial charge in [0, 0.05) is 18.0 Å². The van der Waals surface area contributed by atoms with Crippen LogP contribution in [0.2, 0.25) is 0 Å². The monoisotopic (exact) mass is 328 g/mol. The number of nitrogens with zero attached hydrogens (tertiary/aromatic N) is 2. The van der Waals surface area contributed by atoms with E-state index in [0.717, 1.165) is 42.5 Å². The minimum absolute atomic E-state index is 0.441. The number of guanidine groups is 1. The van der Waals surface area contributed by atoms with E-state index in [9.17, 15) is 0 Å². The molecular weight excluding hydrogens is 304 g/mol. The van der Waals surface area contributed by atoms with E-state index in [1.807, 2.05) is 7.05 Å². The van der Waals surface area contributed by atoms with Crippen molar-refractivity contribution in [3.8, 4) is 0 Å². The minimum Gasteiger partial charge on any atom is -0.353 e. The van der Waals surface area contributed by atoms with Crippen molar-refractivity contribution >= 4 is 17.3 Å². The summed E-state index contributed by atoms with van der Waals surface area (Å²) in [6.45, 7) is 4.90. The SMILES string of the molecule is CN=C(NCc1nc(C)c(C)s1)NC1CCc2ccccc2C1. The number of nitrogens with one attached hydrogen (secondary N) is 2. The van der Waals surface area contributed by atoms with Crippen LogP contribution in [0.3, 0.4) is 0 Å². The second-order valence-electron chi connectivity index (χ2n) is 6.03. The van der Waals surface area contributed by atoms with Crippen LogP contribution in [0, 0.1) is 13.8 Å². The standard InChI is InChI=1S/C18H24N4S/c1-12-13(2)23-17(21-12)11-20-18(19-3)22-16-9-8-14-6-4-5-7-15(14)10-16/h4-7,16H,8-11H2,1-3H3,(H2,19,20,22). The number of rotatable bonds is 3. The van der Waals surface area contributed by atoms with E-state index in [1.165, 1.54) is 16.0 Å². The number of hydrogen-bond acceptors (Lipinski definition) is 3. The Balaban J connectivity index is 1.56. The Morgan fingerprint density at radius 2 is 2.09 bits per heavy atom. The predicted molar refractivity (Wildman–Crippen MR) is 97.2 cm³/mol. The third-order valence-corrected chi connectivity index (χ3v) is 5.46. The first-order valence-corrected chi connectivity index (χ1v) is 8.94. The van der Waals surface area contributed by atoms with Gasteiger partial charge < -0.3 is 10.6 Å². The van der Waals surface area contributed by atoms with Crippen LogP contribution in [-0.2, 0) is 19.4 Å². The van der Waals surface area contributed by atoms with Crippen molar-refractivity contribution in [3.63, 3.8) is 0 Å². The van der Waals surface area contributed by atoms with Crippen molar-refractivity contribution in [1.29, 1.82) is 0 Å². The maximum Gasteiger partial charge on any atom is 0.191 e. The smallest absolute Gasteiger partial charge is 0.191 e. The average Bonchev–Trinajstić information content (AvgIpc) is 2.89. The van der Waals surface area contributed by atoms with Crippen LogP contribution < -0.4 is 10.6 Å². The summed E-state index contributed by atoms with van der Waals surface area (Å²) in [6, 6.07) is 9.18. The largest absolute Gasteiger partial charge is 0.353 e. The summed E-state index contributed by atoms with van der Waals surface area (Å²) >= 11 is 1.75. The van der Waals surface area contributed by atoms with E-state index in [2.05, 4.69) is 58.7 Å². The van der Waals surface area contributed by atoms with E-state index >= 15 is 0 Å². The molecule has 1 aromatic heterocycles. The third kappa shape index (κ3) is 3.91. The quantitative estimate of drug-likeness (QED) is 0.673. The fourth-order valence-electron chi connectivity index (χ4n) is 2.98. The van der Waals surface area contributed by atoms with Crippen molar-refractivity contribution in [1.82, 2.24) is 15.6 Å². The normalized spacial score (nSPS) is 17.7. The van der Waals surface area contributed by atoms with Gasteiger partial charge >= 0.3 is 0 Å². The van der Waals surface area contributed by atoms with Gasteiger partial charge in [-0.15, -0.1) is 11.3 Å².